The van der Waals surface area contributed by atoms with E-state index in [0.29, 0.717) is 0 Å². The SMILES string of the molecule is Cc1noc2ccc3c(c12)CCO3. The van der Waals surface area contributed by atoms with Gasteiger partial charge in [-0.3, -0.25) is 0 Å². The first-order chi connectivity index (χ1) is 6.36. The molecular formula is C10H9NO2. The van der Waals surface area contributed by atoms with E-state index >= 15 is 0 Å². The van der Waals surface area contributed by atoms with Crippen LogP contribution in [0.15, 0.2) is 16.7 Å². The average Bonchev–Trinajstić information content (AvgIpc) is 2.70. The van der Waals surface area contributed by atoms with Crippen LogP contribution in [0.25, 0.3) is 11.0 Å². The van der Waals surface area contributed by atoms with Gasteiger partial charge in [-0.1, -0.05) is 5.16 Å². The molecule has 0 fully saturated rings. The van der Waals surface area contributed by atoms with E-state index in [-0.39, 0.29) is 0 Å². The third kappa shape index (κ3) is 0.813. The molecule has 1 aliphatic rings. The Labute approximate surface area is 75.3 Å². The van der Waals surface area contributed by atoms with Crippen LogP contribution in [0, 0.1) is 6.92 Å². The number of aryl methyl sites for hydroxylation is 1. The highest BCUT2D eigenvalue weighted by Gasteiger charge is 2.18. The van der Waals surface area contributed by atoms with E-state index in [4.69, 9.17) is 9.26 Å². The van der Waals surface area contributed by atoms with Gasteiger partial charge < -0.3 is 9.26 Å². The summed E-state index contributed by atoms with van der Waals surface area (Å²) in [5.41, 5.74) is 3.07. The van der Waals surface area contributed by atoms with Gasteiger partial charge >= 0.3 is 0 Å². The van der Waals surface area contributed by atoms with Gasteiger partial charge in [0.05, 0.1) is 17.7 Å². The first kappa shape index (κ1) is 6.95. The third-order valence-electron chi connectivity index (χ3n) is 2.48. The molecule has 1 aliphatic heterocycles. The van der Waals surface area contributed by atoms with E-state index in [1.54, 1.807) is 0 Å². The zero-order chi connectivity index (χ0) is 8.84. The minimum atomic E-state index is 0.777. The van der Waals surface area contributed by atoms with Gasteiger partial charge in [0.25, 0.3) is 0 Å². The van der Waals surface area contributed by atoms with Gasteiger partial charge in [0.2, 0.25) is 0 Å². The highest BCUT2D eigenvalue weighted by Crippen LogP contribution is 2.33. The van der Waals surface area contributed by atoms with Crippen molar-refractivity contribution in [3.8, 4) is 5.75 Å². The number of nitrogens with zero attached hydrogens (tertiary/aromatic N) is 1. The molecule has 66 valence electrons. The average molecular weight is 175 g/mol. The highest BCUT2D eigenvalue weighted by atomic mass is 16.5. The second-order valence-corrected chi connectivity index (χ2v) is 3.28. The fraction of sp³-hybridized carbons (Fsp3) is 0.300. The topological polar surface area (TPSA) is 35.3 Å². The molecule has 0 amide bonds. The molecule has 0 saturated heterocycles. The quantitative estimate of drug-likeness (QED) is 0.614. The van der Waals surface area contributed by atoms with Crippen molar-refractivity contribution in [3.05, 3.63) is 23.4 Å². The van der Waals surface area contributed by atoms with E-state index in [2.05, 4.69) is 5.16 Å². The zero-order valence-corrected chi connectivity index (χ0v) is 7.33. The summed E-state index contributed by atoms with van der Waals surface area (Å²) in [6, 6.07) is 3.87. The molecule has 2 heterocycles. The first-order valence-corrected chi connectivity index (χ1v) is 4.37. The smallest absolute Gasteiger partial charge is 0.167 e. The lowest BCUT2D eigenvalue weighted by molar-refractivity contribution is 0.356. The van der Waals surface area contributed by atoms with Crippen LogP contribution in [0.2, 0.25) is 0 Å². The lowest BCUT2D eigenvalue weighted by atomic mass is 10.1. The molecule has 2 aromatic rings. The zero-order valence-electron chi connectivity index (χ0n) is 7.33. The predicted molar refractivity (Wildman–Crippen MR) is 47.9 cm³/mol. The maximum atomic E-state index is 5.46. The molecule has 3 rings (SSSR count). The van der Waals surface area contributed by atoms with Gasteiger partial charge in [-0.15, -0.1) is 0 Å². The van der Waals surface area contributed by atoms with Crippen LogP contribution < -0.4 is 4.74 Å². The molecule has 0 radical (unpaired) electrons. The van der Waals surface area contributed by atoms with Crippen molar-refractivity contribution in [2.75, 3.05) is 6.61 Å². The molecular weight excluding hydrogens is 166 g/mol. The Morgan fingerprint density at radius 1 is 1.38 bits per heavy atom. The van der Waals surface area contributed by atoms with Crippen LogP contribution in [0.1, 0.15) is 11.3 Å². The number of hydrogen-bond acceptors (Lipinski definition) is 3. The normalized spacial score (nSPS) is 14.5. The third-order valence-corrected chi connectivity index (χ3v) is 2.48. The molecule has 3 heteroatoms. The fourth-order valence-electron chi connectivity index (χ4n) is 1.89. The van der Waals surface area contributed by atoms with Crippen molar-refractivity contribution in [1.82, 2.24) is 5.16 Å². The molecule has 0 aliphatic carbocycles. The summed E-state index contributed by atoms with van der Waals surface area (Å²) in [5.74, 6) is 0.985. The second kappa shape index (κ2) is 2.25. The van der Waals surface area contributed by atoms with Crippen molar-refractivity contribution >= 4 is 11.0 Å². The van der Waals surface area contributed by atoms with Crippen molar-refractivity contribution in [1.29, 1.82) is 0 Å². The minimum Gasteiger partial charge on any atom is -0.493 e. The molecule has 3 nitrogen and oxygen atoms in total. The summed E-state index contributed by atoms with van der Waals surface area (Å²) in [6.07, 6.45) is 0.967. The summed E-state index contributed by atoms with van der Waals surface area (Å²) in [7, 11) is 0. The monoisotopic (exact) mass is 175 g/mol. The highest BCUT2D eigenvalue weighted by molar-refractivity contribution is 5.85. The fourth-order valence-corrected chi connectivity index (χ4v) is 1.89. The number of benzene rings is 1. The molecule has 13 heavy (non-hydrogen) atoms. The largest absolute Gasteiger partial charge is 0.493 e. The summed E-state index contributed by atoms with van der Waals surface area (Å²) < 4.78 is 10.6. The maximum Gasteiger partial charge on any atom is 0.167 e. The van der Waals surface area contributed by atoms with Crippen molar-refractivity contribution in [2.24, 2.45) is 0 Å². The van der Waals surface area contributed by atoms with Crippen LogP contribution in [0.3, 0.4) is 0 Å². The second-order valence-electron chi connectivity index (χ2n) is 3.28. The lowest BCUT2D eigenvalue weighted by Gasteiger charge is -1.97. The van der Waals surface area contributed by atoms with Gasteiger partial charge in [0.15, 0.2) is 5.58 Å². The van der Waals surface area contributed by atoms with E-state index in [9.17, 15) is 0 Å². The molecule has 0 spiro atoms. The molecule has 0 saturated carbocycles. The predicted octanol–water partition coefficient (Wildman–Crippen LogP) is 2.07. The van der Waals surface area contributed by atoms with Crippen LogP contribution >= 0.6 is 0 Å². The van der Waals surface area contributed by atoms with Crippen molar-refractivity contribution < 1.29 is 9.26 Å². The summed E-state index contributed by atoms with van der Waals surface area (Å²) in [4.78, 5) is 0. The van der Waals surface area contributed by atoms with Crippen molar-refractivity contribution in [3.63, 3.8) is 0 Å². The summed E-state index contributed by atoms with van der Waals surface area (Å²) in [6.45, 7) is 2.74. The Balaban J connectivity index is 2.47. The van der Waals surface area contributed by atoms with E-state index in [1.165, 1.54) is 5.56 Å². The van der Waals surface area contributed by atoms with Gasteiger partial charge in [-0.25, -0.2) is 0 Å². The number of fused-ring (bicyclic) bond motifs is 3. The number of ether oxygens (including phenoxy) is 1. The van der Waals surface area contributed by atoms with Crippen LogP contribution in [-0.4, -0.2) is 11.8 Å². The Morgan fingerprint density at radius 3 is 3.23 bits per heavy atom. The Morgan fingerprint density at radius 2 is 2.31 bits per heavy atom. The number of aromatic nitrogens is 1. The standard InChI is InChI=1S/C10H9NO2/c1-6-10-7-4-5-12-8(7)2-3-9(10)13-11-6/h2-3H,4-5H2,1H3. The molecule has 0 N–H and O–H groups in total. The molecule has 0 unspecified atom stereocenters. The summed E-state index contributed by atoms with van der Waals surface area (Å²) >= 11 is 0. The van der Waals surface area contributed by atoms with Crippen molar-refractivity contribution in [2.45, 2.75) is 13.3 Å². The molecule has 1 aromatic heterocycles. The number of rotatable bonds is 0. The van der Waals surface area contributed by atoms with Crippen LogP contribution in [0.5, 0.6) is 5.75 Å². The van der Waals surface area contributed by atoms with E-state index in [1.807, 2.05) is 19.1 Å². The van der Waals surface area contributed by atoms with E-state index < -0.39 is 0 Å². The van der Waals surface area contributed by atoms with Gasteiger partial charge in [-0.2, -0.15) is 0 Å². The van der Waals surface area contributed by atoms with Gasteiger partial charge in [0, 0.05) is 12.0 Å². The molecule has 0 atom stereocenters. The summed E-state index contributed by atoms with van der Waals surface area (Å²) in [5, 5.41) is 5.08. The Hall–Kier alpha value is -1.51. The van der Waals surface area contributed by atoms with E-state index in [0.717, 1.165) is 35.4 Å². The minimum absolute atomic E-state index is 0.777. The molecule has 1 aromatic carbocycles. The van der Waals surface area contributed by atoms with Gasteiger partial charge in [-0.05, 0) is 19.1 Å². The first-order valence-electron chi connectivity index (χ1n) is 4.37. The maximum absolute atomic E-state index is 5.46. The number of hydrogen-bond donors (Lipinski definition) is 0. The van der Waals surface area contributed by atoms with Crippen LogP contribution in [0.4, 0.5) is 0 Å². The lowest BCUT2D eigenvalue weighted by Crippen LogP contribution is -1.86. The Kier molecular flexibility index (Phi) is 1.20. The molecule has 0 bridgehead atoms. The Bertz CT molecular complexity index is 473. The van der Waals surface area contributed by atoms with Crippen LogP contribution in [-0.2, 0) is 6.42 Å². The van der Waals surface area contributed by atoms with Gasteiger partial charge in [0.1, 0.15) is 5.75 Å².